The zero-order valence-electron chi connectivity index (χ0n) is 20.3. The summed E-state index contributed by atoms with van der Waals surface area (Å²) in [6.45, 7) is 8.20. The smallest absolute Gasteiger partial charge is 0.333 e. The van der Waals surface area contributed by atoms with Crippen LogP contribution in [0.3, 0.4) is 0 Å². The van der Waals surface area contributed by atoms with E-state index < -0.39 is 23.7 Å². The number of aromatic nitrogens is 4. The van der Waals surface area contributed by atoms with Crippen LogP contribution in [0.5, 0.6) is 0 Å². The van der Waals surface area contributed by atoms with Gasteiger partial charge in [-0.2, -0.15) is 0 Å². The van der Waals surface area contributed by atoms with E-state index in [0.717, 1.165) is 28.9 Å². The first-order valence-corrected chi connectivity index (χ1v) is 11.8. The Hall–Kier alpha value is -4.14. The number of anilines is 2. The van der Waals surface area contributed by atoms with Crippen molar-refractivity contribution in [1.29, 1.82) is 0 Å². The van der Waals surface area contributed by atoms with Crippen LogP contribution in [-0.2, 0) is 24.4 Å². The molecule has 1 N–H and O–H groups in total. The van der Waals surface area contributed by atoms with Crippen molar-refractivity contribution in [1.82, 2.24) is 18.7 Å². The first-order valence-electron chi connectivity index (χ1n) is 11.8. The molecular formula is C26H30N6O3. The van der Waals surface area contributed by atoms with Gasteiger partial charge in [-0.15, -0.1) is 0 Å². The van der Waals surface area contributed by atoms with Crippen LogP contribution in [0, 0.1) is 0 Å². The van der Waals surface area contributed by atoms with Gasteiger partial charge in [0.15, 0.2) is 11.2 Å². The van der Waals surface area contributed by atoms with Crippen LogP contribution >= 0.6 is 0 Å². The number of carbonyl (C=O) groups excluding carboxylic acids is 1. The van der Waals surface area contributed by atoms with Gasteiger partial charge in [0.2, 0.25) is 5.91 Å². The van der Waals surface area contributed by atoms with Crippen molar-refractivity contribution in [3.63, 3.8) is 0 Å². The van der Waals surface area contributed by atoms with Crippen molar-refractivity contribution in [3.05, 3.63) is 87.3 Å². The summed E-state index contributed by atoms with van der Waals surface area (Å²) in [6.07, 6.45) is 1.55. The summed E-state index contributed by atoms with van der Waals surface area (Å²) in [5.41, 5.74) is 2.08. The Balaban J connectivity index is 1.66. The summed E-state index contributed by atoms with van der Waals surface area (Å²) in [5.74, 6) is -0.451. The molecule has 9 heteroatoms. The van der Waals surface area contributed by atoms with E-state index >= 15 is 0 Å². The van der Waals surface area contributed by atoms with Gasteiger partial charge >= 0.3 is 5.69 Å². The van der Waals surface area contributed by atoms with Crippen LogP contribution in [0.15, 0.2) is 70.5 Å². The molecule has 0 bridgehead atoms. The van der Waals surface area contributed by atoms with Crippen molar-refractivity contribution in [2.24, 2.45) is 0 Å². The van der Waals surface area contributed by atoms with E-state index in [1.165, 1.54) is 4.57 Å². The van der Waals surface area contributed by atoms with E-state index in [9.17, 15) is 14.4 Å². The van der Waals surface area contributed by atoms with Gasteiger partial charge in [-0.25, -0.2) is 14.3 Å². The summed E-state index contributed by atoms with van der Waals surface area (Å²) >= 11 is 0. The topological polar surface area (TPSA) is 94.2 Å². The Kier molecular flexibility index (Phi) is 7.14. The summed E-state index contributed by atoms with van der Waals surface area (Å²) in [4.78, 5) is 46.0. The number of aryl methyl sites for hydroxylation is 1. The van der Waals surface area contributed by atoms with Crippen molar-refractivity contribution in [2.45, 2.75) is 40.4 Å². The van der Waals surface area contributed by atoms with E-state index in [-0.39, 0.29) is 6.54 Å². The maximum Gasteiger partial charge on any atom is 0.333 e. The average molecular weight is 475 g/mol. The Morgan fingerprint density at radius 3 is 2.26 bits per heavy atom. The highest BCUT2D eigenvalue weighted by Crippen LogP contribution is 2.17. The molecule has 0 aliphatic heterocycles. The van der Waals surface area contributed by atoms with Gasteiger partial charge in [-0.1, -0.05) is 30.3 Å². The van der Waals surface area contributed by atoms with Gasteiger partial charge in [-0.3, -0.25) is 14.2 Å². The predicted molar refractivity (Wildman–Crippen MR) is 138 cm³/mol. The van der Waals surface area contributed by atoms with Gasteiger partial charge in [-0.05, 0) is 50.6 Å². The van der Waals surface area contributed by atoms with Crippen LogP contribution in [0.4, 0.5) is 11.4 Å². The average Bonchev–Trinajstić information content (AvgIpc) is 3.31. The lowest BCUT2D eigenvalue weighted by molar-refractivity contribution is -0.116. The molecule has 0 aliphatic rings. The quantitative estimate of drug-likeness (QED) is 0.403. The summed E-state index contributed by atoms with van der Waals surface area (Å²) in [5, 5.41) is 2.80. The second-order valence-electron chi connectivity index (χ2n) is 8.22. The van der Waals surface area contributed by atoms with Crippen molar-refractivity contribution < 1.29 is 4.79 Å². The number of fused-ring (bicyclic) bond motifs is 1. The molecule has 2 aromatic heterocycles. The number of nitrogens with one attached hydrogen (secondary N) is 1. The minimum absolute atomic E-state index is 0.242. The molecule has 4 rings (SSSR count). The van der Waals surface area contributed by atoms with Crippen LogP contribution in [0.1, 0.15) is 26.3 Å². The first-order chi connectivity index (χ1) is 17.0. The highest BCUT2D eigenvalue weighted by molar-refractivity contribution is 5.90. The molecule has 0 aliphatic carbocycles. The molecule has 0 fully saturated rings. The van der Waals surface area contributed by atoms with Crippen LogP contribution < -0.4 is 21.5 Å². The Morgan fingerprint density at radius 1 is 0.943 bits per heavy atom. The number of hydrogen-bond donors (Lipinski definition) is 1. The van der Waals surface area contributed by atoms with Gasteiger partial charge < -0.3 is 14.8 Å². The number of amides is 1. The lowest BCUT2D eigenvalue weighted by atomic mass is 10.2. The van der Waals surface area contributed by atoms with E-state index in [4.69, 9.17) is 0 Å². The van der Waals surface area contributed by atoms with Crippen LogP contribution in [0.25, 0.3) is 11.2 Å². The highest BCUT2D eigenvalue weighted by Gasteiger charge is 2.19. The van der Waals surface area contributed by atoms with E-state index in [0.29, 0.717) is 23.4 Å². The fourth-order valence-electron chi connectivity index (χ4n) is 4.21. The molecule has 0 saturated carbocycles. The SMILES string of the molecule is CCN(CC)c1ccc(NC(=O)Cn2c(=O)c3c(ncn3CC)n(Cc3ccccc3)c2=O)cc1. The van der Waals surface area contributed by atoms with Gasteiger partial charge in [0.05, 0.1) is 12.9 Å². The third kappa shape index (κ3) is 4.89. The van der Waals surface area contributed by atoms with Crippen LogP contribution in [-0.4, -0.2) is 37.7 Å². The first kappa shape index (κ1) is 24.0. The Bertz CT molecular complexity index is 1430. The molecule has 9 nitrogen and oxygen atoms in total. The third-order valence-electron chi connectivity index (χ3n) is 6.09. The predicted octanol–water partition coefficient (Wildman–Crippen LogP) is 2.91. The second-order valence-corrected chi connectivity index (χ2v) is 8.22. The minimum atomic E-state index is -0.570. The number of benzene rings is 2. The second kappa shape index (κ2) is 10.4. The number of carbonyl (C=O) groups is 1. The molecule has 0 unspecified atom stereocenters. The van der Waals surface area contributed by atoms with E-state index in [1.807, 2.05) is 61.5 Å². The molecule has 0 radical (unpaired) electrons. The molecule has 0 spiro atoms. The fourth-order valence-corrected chi connectivity index (χ4v) is 4.21. The molecule has 182 valence electrons. The molecule has 35 heavy (non-hydrogen) atoms. The number of rotatable bonds is 9. The number of imidazole rings is 1. The maximum atomic E-state index is 13.4. The summed E-state index contributed by atoms with van der Waals surface area (Å²) < 4.78 is 4.13. The van der Waals surface area contributed by atoms with E-state index in [1.54, 1.807) is 10.9 Å². The third-order valence-corrected chi connectivity index (χ3v) is 6.09. The van der Waals surface area contributed by atoms with Gasteiger partial charge in [0.25, 0.3) is 5.56 Å². The molecule has 2 heterocycles. The summed E-state index contributed by atoms with van der Waals surface area (Å²) in [7, 11) is 0. The number of hydrogen-bond acceptors (Lipinski definition) is 5. The molecule has 2 aromatic carbocycles. The zero-order chi connectivity index (χ0) is 24.9. The normalized spacial score (nSPS) is 11.1. The standard InChI is InChI=1S/C26H30N6O3/c1-4-29(5-2)21-14-12-20(13-15-21)28-22(33)17-32-25(34)23-24(27-18-30(23)6-3)31(26(32)35)16-19-10-8-7-9-11-19/h7-15,18H,4-6,16-17H2,1-3H3,(H,28,33). The molecule has 1 amide bonds. The van der Waals surface area contributed by atoms with Crippen molar-refractivity contribution >= 4 is 28.4 Å². The lowest BCUT2D eigenvalue weighted by Gasteiger charge is -2.21. The van der Waals surface area contributed by atoms with E-state index in [2.05, 4.69) is 29.0 Å². The zero-order valence-corrected chi connectivity index (χ0v) is 20.3. The maximum absolute atomic E-state index is 13.4. The van der Waals surface area contributed by atoms with Gasteiger partial charge in [0.1, 0.15) is 6.54 Å². The van der Waals surface area contributed by atoms with Crippen LogP contribution in [0.2, 0.25) is 0 Å². The Morgan fingerprint density at radius 2 is 1.63 bits per heavy atom. The lowest BCUT2D eigenvalue weighted by Crippen LogP contribution is -2.43. The molecule has 0 atom stereocenters. The summed E-state index contributed by atoms with van der Waals surface area (Å²) in [6, 6.07) is 17.0. The van der Waals surface area contributed by atoms with Crippen molar-refractivity contribution in [3.8, 4) is 0 Å². The Labute approximate surface area is 203 Å². The number of nitrogens with zero attached hydrogens (tertiary/aromatic N) is 5. The van der Waals surface area contributed by atoms with Gasteiger partial charge in [0, 0.05) is 31.0 Å². The highest BCUT2D eigenvalue weighted by atomic mass is 16.2. The molecule has 4 aromatic rings. The molecular weight excluding hydrogens is 444 g/mol. The fraction of sp³-hybridized carbons (Fsp3) is 0.308. The minimum Gasteiger partial charge on any atom is -0.372 e. The monoisotopic (exact) mass is 474 g/mol. The largest absolute Gasteiger partial charge is 0.372 e. The van der Waals surface area contributed by atoms with Crippen molar-refractivity contribution in [2.75, 3.05) is 23.3 Å². The molecule has 0 saturated heterocycles.